The molecule has 2 heterocycles. The SMILES string of the molecule is CN(Cc1ccccc1)Cc1cc(C(=O)N(C)CC2CCCCN2C)no1. The summed E-state index contributed by atoms with van der Waals surface area (Å²) in [4.78, 5) is 18.9. The molecule has 146 valence electrons. The number of nitrogens with zero attached hydrogens (tertiary/aromatic N) is 4. The molecule has 6 nitrogen and oxygen atoms in total. The molecule has 2 aromatic rings. The Bertz CT molecular complexity index is 731. The highest BCUT2D eigenvalue weighted by Gasteiger charge is 2.24. The van der Waals surface area contributed by atoms with Crippen LogP contribution in [-0.2, 0) is 13.1 Å². The van der Waals surface area contributed by atoms with E-state index in [4.69, 9.17) is 4.52 Å². The molecule has 1 fully saturated rings. The number of rotatable bonds is 7. The third-order valence-electron chi connectivity index (χ3n) is 5.25. The summed E-state index contributed by atoms with van der Waals surface area (Å²) in [6.45, 7) is 3.27. The molecule has 27 heavy (non-hydrogen) atoms. The van der Waals surface area contributed by atoms with Crippen molar-refractivity contribution in [2.75, 3.05) is 34.2 Å². The van der Waals surface area contributed by atoms with E-state index in [2.05, 4.69) is 34.1 Å². The van der Waals surface area contributed by atoms with Gasteiger partial charge in [-0.15, -0.1) is 0 Å². The van der Waals surface area contributed by atoms with Crippen LogP contribution in [0.2, 0.25) is 0 Å². The van der Waals surface area contributed by atoms with Gasteiger partial charge >= 0.3 is 0 Å². The zero-order valence-electron chi connectivity index (χ0n) is 16.6. The van der Waals surface area contributed by atoms with E-state index in [1.54, 1.807) is 11.0 Å². The summed E-state index contributed by atoms with van der Waals surface area (Å²) >= 11 is 0. The van der Waals surface area contributed by atoms with Gasteiger partial charge in [0.25, 0.3) is 5.91 Å². The predicted octanol–water partition coefficient (Wildman–Crippen LogP) is 2.86. The molecule has 0 aliphatic carbocycles. The number of likely N-dealkylation sites (tertiary alicyclic amines) is 1. The highest BCUT2D eigenvalue weighted by molar-refractivity contribution is 5.92. The zero-order chi connectivity index (χ0) is 19.2. The lowest BCUT2D eigenvalue weighted by Crippen LogP contribution is -2.45. The predicted molar refractivity (Wildman–Crippen MR) is 105 cm³/mol. The fourth-order valence-corrected chi connectivity index (χ4v) is 3.67. The van der Waals surface area contributed by atoms with Gasteiger partial charge in [0, 0.05) is 32.2 Å². The van der Waals surface area contributed by atoms with Gasteiger partial charge in [0.05, 0.1) is 6.54 Å². The maximum atomic E-state index is 12.7. The molecule has 1 saturated heterocycles. The average Bonchev–Trinajstić information content (AvgIpc) is 3.12. The van der Waals surface area contributed by atoms with Gasteiger partial charge in [0.1, 0.15) is 0 Å². The topological polar surface area (TPSA) is 52.8 Å². The van der Waals surface area contributed by atoms with Crippen molar-refractivity contribution in [2.45, 2.75) is 38.4 Å². The van der Waals surface area contributed by atoms with Crippen molar-refractivity contribution < 1.29 is 9.32 Å². The Morgan fingerprint density at radius 1 is 1.22 bits per heavy atom. The third kappa shape index (κ3) is 5.40. The maximum Gasteiger partial charge on any atom is 0.275 e. The Balaban J connectivity index is 1.53. The number of piperidine rings is 1. The number of hydrogen-bond donors (Lipinski definition) is 0. The van der Waals surface area contributed by atoms with E-state index in [9.17, 15) is 4.79 Å². The smallest absolute Gasteiger partial charge is 0.275 e. The quantitative estimate of drug-likeness (QED) is 0.750. The number of carbonyl (C=O) groups is 1. The number of carbonyl (C=O) groups excluding carboxylic acids is 1. The highest BCUT2D eigenvalue weighted by atomic mass is 16.5. The summed E-state index contributed by atoms with van der Waals surface area (Å²) < 4.78 is 5.41. The molecule has 6 heteroatoms. The van der Waals surface area contributed by atoms with Gasteiger partial charge in [-0.2, -0.15) is 0 Å². The van der Waals surface area contributed by atoms with Crippen molar-refractivity contribution in [3.63, 3.8) is 0 Å². The van der Waals surface area contributed by atoms with Gasteiger partial charge in [0.15, 0.2) is 11.5 Å². The van der Waals surface area contributed by atoms with Gasteiger partial charge < -0.3 is 14.3 Å². The van der Waals surface area contributed by atoms with Crippen molar-refractivity contribution in [1.82, 2.24) is 19.9 Å². The van der Waals surface area contributed by atoms with Crippen molar-refractivity contribution in [2.24, 2.45) is 0 Å². The molecule has 0 saturated carbocycles. The lowest BCUT2D eigenvalue weighted by Gasteiger charge is -2.34. The normalized spacial score (nSPS) is 18.0. The first-order valence-electron chi connectivity index (χ1n) is 9.66. The average molecular weight is 370 g/mol. The molecule has 1 aliphatic rings. The van der Waals surface area contributed by atoms with Crippen LogP contribution in [0.15, 0.2) is 40.9 Å². The standard InChI is InChI=1S/C21H30N4O2/c1-23(14-17-9-5-4-6-10-17)16-19-13-20(22-27-19)21(26)25(3)15-18-11-7-8-12-24(18)2/h4-6,9-10,13,18H,7-8,11-12,14-16H2,1-3H3. The van der Waals surface area contributed by atoms with E-state index in [0.29, 0.717) is 24.0 Å². The van der Waals surface area contributed by atoms with Crippen LogP contribution < -0.4 is 0 Å². The minimum atomic E-state index is -0.0744. The van der Waals surface area contributed by atoms with Crippen LogP contribution in [0.3, 0.4) is 0 Å². The summed E-state index contributed by atoms with van der Waals surface area (Å²) in [7, 11) is 6.02. The van der Waals surface area contributed by atoms with Crippen LogP contribution in [0.1, 0.15) is 41.1 Å². The van der Waals surface area contributed by atoms with E-state index >= 15 is 0 Å². The molecule has 3 rings (SSSR count). The third-order valence-corrected chi connectivity index (χ3v) is 5.25. The van der Waals surface area contributed by atoms with Gasteiger partial charge in [0.2, 0.25) is 0 Å². The summed E-state index contributed by atoms with van der Waals surface area (Å²) in [5, 5.41) is 4.00. The molecule has 0 N–H and O–H groups in total. The molecule has 1 aliphatic heterocycles. The summed E-state index contributed by atoms with van der Waals surface area (Å²) in [6.07, 6.45) is 3.62. The summed E-state index contributed by atoms with van der Waals surface area (Å²) in [5.41, 5.74) is 1.63. The molecule has 1 unspecified atom stereocenters. The molecule has 0 bridgehead atoms. The van der Waals surface area contributed by atoms with Gasteiger partial charge in [-0.3, -0.25) is 9.69 Å². The first-order chi connectivity index (χ1) is 13.0. The lowest BCUT2D eigenvalue weighted by molar-refractivity contribution is 0.0707. The minimum absolute atomic E-state index is 0.0744. The summed E-state index contributed by atoms with van der Waals surface area (Å²) in [6, 6.07) is 12.5. The monoisotopic (exact) mass is 370 g/mol. The van der Waals surface area contributed by atoms with E-state index < -0.39 is 0 Å². The highest BCUT2D eigenvalue weighted by Crippen LogP contribution is 2.17. The second kappa shape index (κ2) is 9.15. The molecular weight excluding hydrogens is 340 g/mol. The van der Waals surface area contributed by atoms with Crippen molar-refractivity contribution in [1.29, 1.82) is 0 Å². The Labute approximate surface area is 161 Å². The van der Waals surface area contributed by atoms with Gasteiger partial charge in [-0.05, 0) is 39.0 Å². The zero-order valence-corrected chi connectivity index (χ0v) is 16.6. The Hall–Kier alpha value is -2.18. The first kappa shape index (κ1) is 19.6. The summed E-state index contributed by atoms with van der Waals surface area (Å²) in [5.74, 6) is 0.634. The van der Waals surface area contributed by atoms with Crippen LogP contribution in [-0.4, -0.2) is 66.0 Å². The number of benzene rings is 1. The Morgan fingerprint density at radius 3 is 2.74 bits per heavy atom. The van der Waals surface area contributed by atoms with E-state index in [0.717, 1.165) is 26.1 Å². The number of aromatic nitrogens is 1. The number of likely N-dealkylation sites (N-methyl/N-ethyl adjacent to an activating group) is 2. The first-order valence-corrected chi connectivity index (χ1v) is 9.66. The van der Waals surface area contributed by atoms with E-state index in [-0.39, 0.29) is 5.91 Å². The largest absolute Gasteiger partial charge is 0.359 e. The van der Waals surface area contributed by atoms with E-state index in [1.165, 1.54) is 18.4 Å². The van der Waals surface area contributed by atoms with E-state index in [1.807, 2.05) is 32.3 Å². The van der Waals surface area contributed by atoms with Gasteiger partial charge in [-0.1, -0.05) is 41.9 Å². The van der Waals surface area contributed by atoms with Crippen LogP contribution in [0.5, 0.6) is 0 Å². The Kier molecular flexibility index (Phi) is 6.63. The molecule has 1 aromatic heterocycles. The minimum Gasteiger partial charge on any atom is -0.359 e. The van der Waals surface area contributed by atoms with Gasteiger partial charge in [-0.25, -0.2) is 0 Å². The Morgan fingerprint density at radius 2 is 2.00 bits per heavy atom. The van der Waals surface area contributed by atoms with Crippen molar-refractivity contribution >= 4 is 5.91 Å². The van der Waals surface area contributed by atoms with Crippen LogP contribution in [0, 0.1) is 0 Å². The molecule has 1 aromatic carbocycles. The fraction of sp³-hybridized carbons (Fsp3) is 0.524. The molecule has 0 spiro atoms. The van der Waals surface area contributed by atoms with Crippen LogP contribution in [0.4, 0.5) is 0 Å². The second-order valence-electron chi connectivity index (χ2n) is 7.65. The molecular formula is C21H30N4O2. The van der Waals surface area contributed by atoms with Crippen LogP contribution in [0.25, 0.3) is 0 Å². The molecule has 1 amide bonds. The van der Waals surface area contributed by atoms with Crippen LogP contribution >= 0.6 is 0 Å². The molecule has 0 radical (unpaired) electrons. The second-order valence-corrected chi connectivity index (χ2v) is 7.65. The van der Waals surface area contributed by atoms with Crippen molar-refractivity contribution in [3.05, 3.63) is 53.4 Å². The van der Waals surface area contributed by atoms with Crippen molar-refractivity contribution in [3.8, 4) is 0 Å². The fourth-order valence-electron chi connectivity index (χ4n) is 3.67. The number of amides is 1. The lowest BCUT2D eigenvalue weighted by atomic mass is 10.0. The maximum absolute atomic E-state index is 12.7. The molecule has 1 atom stereocenters. The number of hydrogen-bond acceptors (Lipinski definition) is 5.